The van der Waals surface area contributed by atoms with E-state index in [2.05, 4.69) is 41.5 Å². The second-order valence-electron chi connectivity index (χ2n) is 7.75. The van der Waals surface area contributed by atoms with E-state index in [1.807, 2.05) is 0 Å². The highest BCUT2D eigenvalue weighted by atomic mass is 28.4. The van der Waals surface area contributed by atoms with E-state index in [4.69, 9.17) is 8.85 Å². The second kappa shape index (κ2) is 5.16. The zero-order chi connectivity index (χ0) is 14.3. The maximum atomic E-state index is 6.47. The maximum Gasteiger partial charge on any atom is 0.345 e. The summed E-state index contributed by atoms with van der Waals surface area (Å²) in [5.41, 5.74) is 2.21. The smallest absolute Gasteiger partial charge is 0.345 e. The lowest BCUT2D eigenvalue weighted by atomic mass is 9.70. The van der Waals surface area contributed by atoms with Crippen LogP contribution in [0.25, 0.3) is 0 Å². The Bertz CT molecular complexity index is 293. The van der Waals surface area contributed by atoms with Crippen molar-refractivity contribution < 1.29 is 8.85 Å². The van der Waals surface area contributed by atoms with Crippen molar-refractivity contribution in [3.05, 3.63) is 0 Å². The van der Waals surface area contributed by atoms with Crippen LogP contribution in [-0.4, -0.2) is 21.8 Å². The van der Waals surface area contributed by atoms with E-state index in [-0.39, 0.29) is 0 Å². The maximum absolute atomic E-state index is 6.47. The highest BCUT2D eigenvalue weighted by Gasteiger charge is 2.65. The zero-order valence-corrected chi connectivity index (χ0v) is 14.7. The van der Waals surface area contributed by atoms with Crippen LogP contribution in [0.3, 0.4) is 0 Å². The summed E-state index contributed by atoms with van der Waals surface area (Å²) in [7, 11) is -2.10. The minimum atomic E-state index is -2.10. The fraction of sp³-hybridized carbons (Fsp3) is 1.00. The van der Waals surface area contributed by atoms with Crippen molar-refractivity contribution in [1.82, 2.24) is 0 Å². The normalized spacial score (nSPS) is 32.5. The molecule has 0 saturated heterocycles. The molecule has 0 N–H and O–H groups in total. The molecule has 0 aromatic rings. The highest BCUT2D eigenvalue weighted by molar-refractivity contribution is 6.71. The van der Waals surface area contributed by atoms with Crippen molar-refractivity contribution >= 4 is 8.56 Å². The minimum absolute atomic E-state index is 0.419. The van der Waals surface area contributed by atoms with Crippen LogP contribution in [0, 0.1) is 10.8 Å². The first-order valence-corrected chi connectivity index (χ1v) is 10.0. The van der Waals surface area contributed by atoms with Crippen LogP contribution in [-0.2, 0) is 8.85 Å². The molecular formula is C16H32O2Si. The van der Waals surface area contributed by atoms with Crippen molar-refractivity contribution in [2.45, 2.75) is 78.3 Å². The fourth-order valence-electron chi connectivity index (χ4n) is 4.36. The Hall–Kier alpha value is 0.137. The summed E-state index contributed by atoms with van der Waals surface area (Å²) in [5.74, 6) is 0. The molecule has 0 bridgehead atoms. The third-order valence-corrected chi connectivity index (χ3v) is 11.3. The van der Waals surface area contributed by atoms with Crippen molar-refractivity contribution in [3.8, 4) is 0 Å². The van der Waals surface area contributed by atoms with Crippen molar-refractivity contribution in [2.75, 3.05) is 13.2 Å². The standard InChI is InChI=1S/C16H32O2Si/c1-7-17-19(18-8-2,13-9-11-15(13,3)4)14-10-12-16(14,5)6/h13-14H,7-12H2,1-6H3. The van der Waals surface area contributed by atoms with Crippen LogP contribution in [0.15, 0.2) is 0 Å². The Kier molecular flexibility index (Phi) is 4.21. The van der Waals surface area contributed by atoms with Gasteiger partial charge in [-0.25, -0.2) is 0 Å². The predicted octanol–water partition coefficient (Wildman–Crippen LogP) is 4.88. The molecule has 2 aliphatic rings. The summed E-state index contributed by atoms with van der Waals surface area (Å²) in [6.45, 7) is 15.5. The molecule has 3 heteroatoms. The van der Waals surface area contributed by atoms with E-state index in [0.29, 0.717) is 21.9 Å². The van der Waals surface area contributed by atoms with Gasteiger partial charge in [0.2, 0.25) is 0 Å². The lowest BCUT2D eigenvalue weighted by Gasteiger charge is -2.60. The van der Waals surface area contributed by atoms with E-state index in [1.54, 1.807) is 0 Å². The zero-order valence-electron chi connectivity index (χ0n) is 13.7. The SMILES string of the molecule is CCO[Si](OCC)(C1CCC1(C)C)C1CCC1(C)C. The molecular weight excluding hydrogens is 252 g/mol. The molecule has 2 unspecified atom stereocenters. The summed E-state index contributed by atoms with van der Waals surface area (Å²) < 4.78 is 12.9. The van der Waals surface area contributed by atoms with Crippen LogP contribution in [0.4, 0.5) is 0 Å². The van der Waals surface area contributed by atoms with Crippen LogP contribution in [0.2, 0.25) is 11.1 Å². The van der Waals surface area contributed by atoms with Crippen molar-refractivity contribution in [1.29, 1.82) is 0 Å². The first kappa shape index (κ1) is 15.5. The van der Waals surface area contributed by atoms with Crippen LogP contribution in [0.5, 0.6) is 0 Å². The lowest BCUT2D eigenvalue weighted by molar-refractivity contribution is 0.0481. The van der Waals surface area contributed by atoms with Crippen LogP contribution < -0.4 is 0 Å². The van der Waals surface area contributed by atoms with Gasteiger partial charge in [0.1, 0.15) is 0 Å². The molecule has 2 atom stereocenters. The molecule has 0 radical (unpaired) electrons. The molecule has 0 aromatic carbocycles. The van der Waals surface area contributed by atoms with Gasteiger partial charge in [0.25, 0.3) is 0 Å². The number of hydrogen-bond donors (Lipinski definition) is 0. The molecule has 0 spiro atoms. The van der Waals surface area contributed by atoms with E-state index < -0.39 is 8.56 Å². The Morgan fingerprint density at radius 3 is 1.37 bits per heavy atom. The first-order chi connectivity index (χ1) is 8.80. The third kappa shape index (κ3) is 2.42. The average molecular weight is 285 g/mol. The lowest BCUT2D eigenvalue weighted by Crippen LogP contribution is -2.63. The van der Waals surface area contributed by atoms with E-state index in [1.165, 1.54) is 25.7 Å². The van der Waals surface area contributed by atoms with Crippen LogP contribution in [0.1, 0.15) is 67.2 Å². The van der Waals surface area contributed by atoms with Gasteiger partial charge in [0.15, 0.2) is 0 Å². The molecule has 2 rings (SSSR count). The van der Waals surface area contributed by atoms with Gasteiger partial charge in [-0.05, 0) is 50.4 Å². The average Bonchev–Trinajstić information content (AvgIpc) is 2.27. The largest absolute Gasteiger partial charge is 0.394 e. The topological polar surface area (TPSA) is 18.5 Å². The molecule has 0 aliphatic heterocycles. The van der Waals surface area contributed by atoms with Crippen molar-refractivity contribution in [3.63, 3.8) is 0 Å². The Labute approximate surface area is 120 Å². The van der Waals surface area contributed by atoms with Gasteiger partial charge in [-0.1, -0.05) is 27.7 Å². The van der Waals surface area contributed by atoms with Gasteiger partial charge in [-0.15, -0.1) is 0 Å². The molecule has 0 amide bonds. The Balaban J connectivity index is 2.30. The van der Waals surface area contributed by atoms with E-state index in [9.17, 15) is 0 Å². The summed E-state index contributed by atoms with van der Waals surface area (Å²) >= 11 is 0. The van der Waals surface area contributed by atoms with E-state index in [0.717, 1.165) is 13.2 Å². The monoisotopic (exact) mass is 284 g/mol. The quantitative estimate of drug-likeness (QED) is 0.647. The van der Waals surface area contributed by atoms with Gasteiger partial charge < -0.3 is 8.85 Å². The Morgan fingerprint density at radius 2 is 1.21 bits per heavy atom. The number of hydrogen-bond acceptors (Lipinski definition) is 2. The summed E-state index contributed by atoms with van der Waals surface area (Å²) in [5, 5.41) is 0. The highest BCUT2D eigenvalue weighted by Crippen LogP contribution is 2.66. The molecule has 2 fully saturated rings. The fourth-order valence-corrected chi connectivity index (χ4v) is 10.2. The molecule has 0 heterocycles. The summed E-state index contributed by atoms with van der Waals surface area (Å²) in [4.78, 5) is 0. The summed E-state index contributed by atoms with van der Waals surface area (Å²) in [6, 6.07) is 0. The second-order valence-corrected chi connectivity index (χ2v) is 11.2. The molecule has 19 heavy (non-hydrogen) atoms. The van der Waals surface area contributed by atoms with Crippen molar-refractivity contribution in [2.24, 2.45) is 10.8 Å². The van der Waals surface area contributed by atoms with Gasteiger partial charge in [-0.2, -0.15) is 0 Å². The molecule has 0 aromatic heterocycles. The van der Waals surface area contributed by atoms with Gasteiger partial charge in [0, 0.05) is 24.3 Å². The Morgan fingerprint density at radius 1 is 0.842 bits per heavy atom. The van der Waals surface area contributed by atoms with Gasteiger partial charge in [-0.3, -0.25) is 0 Å². The third-order valence-electron chi connectivity index (χ3n) is 5.75. The first-order valence-electron chi connectivity index (χ1n) is 8.08. The molecule has 2 nitrogen and oxygen atoms in total. The van der Waals surface area contributed by atoms with E-state index >= 15 is 0 Å². The molecule has 2 aliphatic carbocycles. The minimum Gasteiger partial charge on any atom is -0.394 e. The molecule has 112 valence electrons. The number of rotatable bonds is 6. The van der Waals surface area contributed by atoms with Gasteiger partial charge in [0.05, 0.1) is 0 Å². The summed E-state index contributed by atoms with van der Waals surface area (Å²) in [6.07, 6.45) is 5.29. The van der Waals surface area contributed by atoms with Crippen LogP contribution >= 0.6 is 0 Å². The van der Waals surface area contributed by atoms with Gasteiger partial charge >= 0.3 is 8.56 Å². The molecule has 2 saturated carbocycles. The predicted molar refractivity (Wildman–Crippen MR) is 82.5 cm³/mol.